The van der Waals surface area contributed by atoms with Gasteiger partial charge >= 0.3 is 0 Å². The fourth-order valence-corrected chi connectivity index (χ4v) is 2.61. The molecule has 1 amide bonds. The van der Waals surface area contributed by atoms with E-state index in [4.69, 9.17) is 32.7 Å². The smallest absolute Gasteiger partial charge is 0.251 e. The van der Waals surface area contributed by atoms with E-state index in [0.29, 0.717) is 45.9 Å². The van der Waals surface area contributed by atoms with Gasteiger partial charge in [0.05, 0.1) is 16.1 Å². The lowest BCUT2D eigenvalue weighted by molar-refractivity contribution is 0.0916. The van der Waals surface area contributed by atoms with Gasteiger partial charge in [-0.05, 0) is 35.9 Å². The first-order chi connectivity index (χ1) is 11.5. The Balaban J connectivity index is 1.63. The first kappa shape index (κ1) is 16.9. The number of hydrogen-bond acceptors (Lipinski definition) is 4. The Kier molecular flexibility index (Phi) is 5.14. The third-order valence-corrected chi connectivity index (χ3v) is 4.33. The van der Waals surface area contributed by atoms with Gasteiger partial charge in [-0.2, -0.15) is 0 Å². The summed E-state index contributed by atoms with van der Waals surface area (Å²) in [5.74, 6) is 0.899. The normalized spacial score (nSPS) is 14.1. The minimum atomic E-state index is -0.868. The molecule has 5 nitrogen and oxygen atoms in total. The monoisotopic (exact) mass is 367 g/mol. The number of rotatable bonds is 4. The van der Waals surface area contributed by atoms with Crippen molar-refractivity contribution >= 4 is 29.1 Å². The average Bonchev–Trinajstić information content (AvgIpc) is 2.61. The van der Waals surface area contributed by atoms with Gasteiger partial charge in [-0.3, -0.25) is 4.79 Å². The van der Waals surface area contributed by atoms with Gasteiger partial charge in [-0.1, -0.05) is 29.3 Å². The van der Waals surface area contributed by atoms with Gasteiger partial charge < -0.3 is 19.9 Å². The highest BCUT2D eigenvalue weighted by molar-refractivity contribution is 6.42. The summed E-state index contributed by atoms with van der Waals surface area (Å²) >= 11 is 11.7. The number of carbonyl (C=O) groups is 1. The second-order valence-electron chi connectivity index (χ2n) is 5.26. The standard InChI is InChI=1S/C17H15Cl2NO4/c18-12-3-1-11(7-13(12)19)17(22)20-9-14(21)10-2-4-15-16(8-10)24-6-5-23-15/h1-4,7-8,14,21H,5-6,9H2,(H,20,22). The van der Waals surface area contributed by atoms with Crippen LogP contribution in [0.3, 0.4) is 0 Å². The summed E-state index contributed by atoms with van der Waals surface area (Å²) in [6.45, 7) is 1.04. The van der Waals surface area contributed by atoms with Crippen LogP contribution in [-0.4, -0.2) is 30.8 Å². The van der Waals surface area contributed by atoms with E-state index in [-0.39, 0.29) is 12.5 Å². The Labute approximate surface area is 149 Å². The predicted molar refractivity (Wildman–Crippen MR) is 91.2 cm³/mol. The van der Waals surface area contributed by atoms with Crippen LogP contribution in [0.25, 0.3) is 0 Å². The molecule has 0 fully saturated rings. The van der Waals surface area contributed by atoms with Gasteiger partial charge in [0.1, 0.15) is 13.2 Å². The molecular formula is C17H15Cl2NO4. The predicted octanol–water partition coefficient (Wildman–Crippen LogP) is 3.23. The second-order valence-corrected chi connectivity index (χ2v) is 6.07. The molecule has 1 aliphatic heterocycles. The van der Waals surface area contributed by atoms with Gasteiger partial charge in [-0.25, -0.2) is 0 Å². The molecule has 0 aliphatic carbocycles. The van der Waals surface area contributed by atoms with Crippen molar-refractivity contribution in [2.45, 2.75) is 6.10 Å². The number of nitrogens with one attached hydrogen (secondary N) is 1. The molecule has 0 bridgehead atoms. The third kappa shape index (κ3) is 3.75. The van der Waals surface area contributed by atoms with Gasteiger partial charge in [0.2, 0.25) is 0 Å². The highest BCUT2D eigenvalue weighted by atomic mass is 35.5. The summed E-state index contributed by atoms with van der Waals surface area (Å²) in [6, 6.07) is 9.80. The quantitative estimate of drug-likeness (QED) is 0.870. The molecule has 0 saturated carbocycles. The summed E-state index contributed by atoms with van der Waals surface area (Å²) in [5.41, 5.74) is 1.01. The van der Waals surface area contributed by atoms with Crippen LogP contribution >= 0.6 is 23.2 Å². The van der Waals surface area contributed by atoms with Crippen LogP contribution in [0.2, 0.25) is 10.0 Å². The van der Waals surface area contributed by atoms with Crippen LogP contribution in [0.5, 0.6) is 11.5 Å². The number of ether oxygens (including phenoxy) is 2. The summed E-state index contributed by atoms with van der Waals surface area (Å²) in [5, 5.41) is 13.6. The number of aliphatic hydroxyl groups excluding tert-OH is 1. The molecule has 24 heavy (non-hydrogen) atoms. The van der Waals surface area contributed by atoms with E-state index >= 15 is 0 Å². The Hall–Kier alpha value is -1.95. The zero-order valence-corrected chi connectivity index (χ0v) is 14.1. The maximum Gasteiger partial charge on any atom is 0.251 e. The summed E-state index contributed by atoms with van der Waals surface area (Å²) in [4.78, 5) is 12.1. The topological polar surface area (TPSA) is 67.8 Å². The van der Waals surface area contributed by atoms with Crippen LogP contribution in [-0.2, 0) is 0 Å². The molecule has 2 N–H and O–H groups in total. The average molecular weight is 368 g/mol. The van der Waals surface area contributed by atoms with Crippen molar-refractivity contribution in [3.8, 4) is 11.5 Å². The number of benzene rings is 2. The van der Waals surface area contributed by atoms with E-state index in [9.17, 15) is 9.90 Å². The lowest BCUT2D eigenvalue weighted by Crippen LogP contribution is -2.28. The number of halogens is 2. The van der Waals surface area contributed by atoms with Gasteiger partial charge in [0.25, 0.3) is 5.91 Å². The molecule has 0 saturated heterocycles. The van der Waals surface area contributed by atoms with Crippen molar-refractivity contribution in [2.75, 3.05) is 19.8 Å². The molecule has 3 rings (SSSR count). The minimum absolute atomic E-state index is 0.0543. The lowest BCUT2D eigenvalue weighted by Gasteiger charge is -2.20. The Bertz CT molecular complexity index is 766. The zero-order chi connectivity index (χ0) is 17.1. The van der Waals surface area contributed by atoms with Crippen molar-refractivity contribution in [1.29, 1.82) is 0 Å². The molecule has 7 heteroatoms. The van der Waals surface area contributed by atoms with E-state index in [1.165, 1.54) is 6.07 Å². The summed E-state index contributed by atoms with van der Waals surface area (Å²) in [6.07, 6.45) is -0.868. The van der Waals surface area contributed by atoms with Gasteiger partial charge in [-0.15, -0.1) is 0 Å². The van der Waals surface area contributed by atoms with Crippen molar-refractivity contribution in [2.24, 2.45) is 0 Å². The molecular weight excluding hydrogens is 353 g/mol. The molecule has 1 atom stereocenters. The van der Waals surface area contributed by atoms with Crippen molar-refractivity contribution in [3.05, 3.63) is 57.6 Å². The second kappa shape index (κ2) is 7.30. The fraction of sp³-hybridized carbons (Fsp3) is 0.235. The maximum absolute atomic E-state index is 12.1. The Morgan fingerprint density at radius 1 is 1.08 bits per heavy atom. The highest BCUT2D eigenvalue weighted by Crippen LogP contribution is 2.32. The van der Waals surface area contributed by atoms with Gasteiger partial charge in [0, 0.05) is 12.1 Å². The SMILES string of the molecule is O=C(NCC(O)c1ccc2c(c1)OCCO2)c1ccc(Cl)c(Cl)c1. The first-order valence-electron chi connectivity index (χ1n) is 7.35. The van der Waals surface area contributed by atoms with E-state index in [1.807, 2.05) is 0 Å². The molecule has 1 aliphatic rings. The van der Waals surface area contributed by atoms with Crippen LogP contribution < -0.4 is 14.8 Å². The molecule has 0 aromatic heterocycles. The van der Waals surface area contributed by atoms with Crippen molar-refractivity contribution < 1.29 is 19.4 Å². The molecule has 2 aromatic carbocycles. The largest absolute Gasteiger partial charge is 0.486 e. The summed E-state index contributed by atoms with van der Waals surface area (Å²) in [7, 11) is 0. The minimum Gasteiger partial charge on any atom is -0.486 e. The fourth-order valence-electron chi connectivity index (χ4n) is 2.31. The molecule has 0 radical (unpaired) electrons. The van der Waals surface area contributed by atoms with E-state index in [2.05, 4.69) is 5.32 Å². The van der Waals surface area contributed by atoms with Crippen molar-refractivity contribution in [1.82, 2.24) is 5.32 Å². The number of aliphatic hydroxyl groups is 1. The van der Waals surface area contributed by atoms with Crippen molar-refractivity contribution in [3.63, 3.8) is 0 Å². The number of amides is 1. The number of carbonyl (C=O) groups excluding carboxylic acids is 1. The first-order valence-corrected chi connectivity index (χ1v) is 8.11. The van der Waals surface area contributed by atoms with Crippen LogP contribution in [0.15, 0.2) is 36.4 Å². The molecule has 126 valence electrons. The Morgan fingerprint density at radius 3 is 2.58 bits per heavy atom. The zero-order valence-electron chi connectivity index (χ0n) is 12.6. The van der Waals surface area contributed by atoms with Crippen LogP contribution in [0, 0.1) is 0 Å². The maximum atomic E-state index is 12.1. The molecule has 2 aromatic rings. The van der Waals surface area contributed by atoms with E-state index in [1.54, 1.807) is 30.3 Å². The molecule has 1 heterocycles. The van der Waals surface area contributed by atoms with Crippen LogP contribution in [0.1, 0.15) is 22.0 Å². The van der Waals surface area contributed by atoms with Crippen LogP contribution in [0.4, 0.5) is 0 Å². The highest BCUT2D eigenvalue weighted by Gasteiger charge is 2.16. The molecule has 0 spiro atoms. The lowest BCUT2D eigenvalue weighted by atomic mass is 10.1. The third-order valence-electron chi connectivity index (χ3n) is 3.59. The van der Waals surface area contributed by atoms with Gasteiger partial charge in [0.15, 0.2) is 11.5 Å². The Morgan fingerprint density at radius 2 is 1.83 bits per heavy atom. The number of fused-ring (bicyclic) bond motifs is 1. The molecule has 1 unspecified atom stereocenters. The van der Waals surface area contributed by atoms with E-state index < -0.39 is 6.10 Å². The van der Waals surface area contributed by atoms with E-state index in [0.717, 1.165) is 0 Å². The number of hydrogen-bond donors (Lipinski definition) is 2. The summed E-state index contributed by atoms with van der Waals surface area (Å²) < 4.78 is 10.9.